The molecule has 3 unspecified atom stereocenters. The van der Waals surface area contributed by atoms with E-state index in [1.54, 1.807) is 12.1 Å². The quantitative estimate of drug-likeness (QED) is 0.183. The standard InChI is InChI=1S/C28H35ClFN3O9/c1-40-23-13-20(31)19(29)12-22(23)33(25(34)14-28(39,27(37)38)15-26(35)36)21-8-10-32(16-24(21)41-2)9-3-11-42-18-6-4-17(30)5-7-18/h4-7,12-13,21,24,39H,3,8-11,14-16,31H2,1-2H3,(H,35,36)(H,37,38). The second-order valence-electron chi connectivity index (χ2n) is 9.98. The van der Waals surface area contributed by atoms with Gasteiger partial charge in [-0.05, 0) is 43.2 Å². The normalized spacial score (nSPS) is 18.6. The van der Waals surface area contributed by atoms with Gasteiger partial charge in [0.25, 0.3) is 0 Å². The Labute approximate surface area is 247 Å². The van der Waals surface area contributed by atoms with Crippen LogP contribution in [-0.2, 0) is 19.1 Å². The Morgan fingerprint density at radius 3 is 2.45 bits per heavy atom. The maximum atomic E-state index is 13.8. The molecule has 14 heteroatoms. The predicted molar refractivity (Wildman–Crippen MR) is 152 cm³/mol. The molecule has 0 radical (unpaired) electrons. The van der Waals surface area contributed by atoms with Crippen molar-refractivity contribution in [1.29, 1.82) is 0 Å². The minimum atomic E-state index is -2.86. The number of carboxylic acids is 2. The third-order valence-corrected chi connectivity index (χ3v) is 7.38. The third kappa shape index (κ3) is 8.22. The molecule has 1 aliphatic heterocycles. The van der Waals surface area contributed by atoms with Crippen molar-refractivity contribution in [1.82, 2.24) is 4.90 Å². The number of aliphatic carboxylic acids is 2. The van der Waals surface area contributed by atoms with Crippen molar-refractivity contribution in [2.75, 3.05) is 51.1 Å². The lowest BCUT2D eigenvalue weighted by Gasteiger charge is -2.44. The van der Waals surface area contributed by atoms with Gasteiger partial charge in [-0.2, -0.15) is 0 Å². The summed E-state index contributed by atoms with van der Waals surface area (Å²) in [4.78, 5) is 40.3. The van der Waals surface area contributed by atoms with Crippen molar-refractivity contribution in [2.45, 2.75) is 43.4 Å². The number of methoxy groups -OCH3 is 2. The van der Waals surface area contributed by atoms with Crippen molar-refractivity contribution in [3.05, 3.63) is 47.2 Å². The summed E-state index contributed by atoms with van der Waals surface area (Å²) < 4.78 is 30.0. The Hall–Kier alpha value is -3.65. The fourth-order valence-electron chi connectivity index (χ4n) is 4.91. The molecular formula is C28H35ClFN3O9. The molecule has 1 fully saturated rings. The van der Waals surface area contributed by atoms with Gasteiger partial charge in [0, 0.05) is 32.8 Å². The van der Waals surface area contributed by atoms with Crippen LogP contribution in [0, 0.1) is 5.82 Å². The van der Waals surface area contributed by atoms with Crippen molar-refractivity contribution in [3.63, 3.8) is 0 Å². The molecule has 2 aromatic rings. The molecular weight excluding hydrogens is 577 g/mol. The summed E-state index contributed by atoms with van der Waals surface area (Å²) in [6, 6.07) is 7.88. The number of hydrogen-bond donors (Lipinski definition) is 4. The van der Waals surface area contributed by atoms with E-state index in [0.717, 1.165) is 0 Å². The molecule has 12 nitrogen and oxygen atoms in total. The zero-order valence-corrected chi connectivity index (χ0v) is 24.1. The maximum absolute atomic E-state index is 13.8. The molecule has 0 aliphatic carbocycles. The summed E-state index contributed by atoms with van der Waals surface area (Å²) in [6.45, 7) is 1.95. The number of ether oxygens (including phenoxy) is 3. The van der Waals surface area contributed by atoms with Crippen LogP contribution in [0.2, 0.25) is 5.02 Å². The van der Waals surface area contributed by atoms with Crippen LogP contribution >= 0.6 is 11.6 Å². The van der Waals surface area contributed by atoms with Gasteiger partial charge in [0.15, 0.2) is 5.60 Å². The van der Waals surface area contributed by atoms with Gasteiger partial charge in [-0.1, -0.05) is 11.6 Å². The van der Waals surface area contributed by atoms with Gasteiger partial charge in [-0.3, -0.25) is 9.59 Å². The molecule has 0 bridgehead atoms. The smallest absolute Gasteiger partial charge is 0.336 e. The van der Waals surface area contributed by atoms with Gasteiger partial charge < -0.3 is 45.1 Å². The first-order chi connectivity index (χ1) is 19.9. The molecule has 5 N–H and O–H groups in total. The summed E-state index contributed by atoms with van der Waals surface area (Å²) in [5.41, 5.74) is 3.42. The highest BCUT2D eigenvalue weighted by atomic mass is 35.5. The van der Waals surface area contributed by atoms with Crippen molar-refractivity contribution in [2.24, 2.45) is 0 Å². The largest absolute Gasteiger partial charge is 0.494 e. The zero-order valence-electron chi connectivity index (χ0n) is 23.3. The number of carbonyl (C=O) groups is 3. The number of likely N-dealkylation sites (tertiary alicyclic amines) is 1. The van der Waals surface area contributed by atoms with Crippen LogP contribution in [0.15, 0.2) is 36.4 Å². The number of nitrogens with two attached hydrogens (primary N) is 1. The Bertz CT molecular complexity index is 1270. The number of carboxylic acid groups (broad SMARTS) is 2. The van der Waals surface area contributed by atoms with E-state index in [1.165, 1.54) is 43.4 Å². The average molecular weight is 612 g/mol. The molecule has 42 heavy (non-hydrogen) atoms. The molecule has 1 amide bonds. The first-order valence-electron chi connectivity index (χ1n) is 13.1. The lowest BCUT2D eigenvalue weighted by molar-refractivity contribution is -0.167. The number of carbonyl (C=O) groups excluding carboxylic acids is 1. The van der Waals surface area contributed by atoms with E-state index in [-0.39, 0.29) is 28.0 Å². The Kier molecular flexibility index (Phi) is 11.3. The summed E-state index contributed by atoms with van der Waals surface area (Å²) in [5.74, 6) is -3.93. The van der Waals surface area contributed by atoms with Gasteiger partial charge in [0.1, 0.15) is 17.3 Å². The molecule has 0 aromatic heterocycles. The van der Waals surface area contributed by atoms with Crippen LogP contribution in [0.5, 0.6) is 11.5 Å². The SMILES string of the molecule is COc1cc(N)c(Cl)cc1N(C(=O)CC(O)(CC(=O)O)C(=O)O)C1CCN(CCCOc2ccc(F)cc2)CC1OC. The molecule has 0 saturated carbocycles. The van der Waals surface area contributed by atoms with Crippen LogP contribution in [0.3, 0.4) is 0 Å². The number of benzene rings is 2. The van der Waals surface area contributed by atoms with Crippen molar-refractivity contribution in [3.8, 4) is 11.5 Å². The lowest BCUT2D eigenvalue weighted by Crippen LogP contribution is -2.58. The monoisotopic (exact) mass is 611 g/mol. The maximum Gasteiger partial charge on any atom is 0.336 e. The minimum absolute atomic E-state index is 0.107. The number of nitrogen functional groups attached to an aromatic ring is 1. The van der Waals surface area contributed by atoms with E-state index in [9.17, 15) is 34.1 Å². The van der Waals surface area contributed by atoms with E-state index in [4.69, 9.17) is 31.5 Å². The molecule has 3 rings (SSSR count). The lowest BCUT2D eigenvalue weighted by atomic mass is 9.92. The van der Waals surface area contributed by atoms with Crippen molar-refractivity contribution < 1.29 is 48.3 Å². The second-order valence-corrected chi connectivity index (χ2v) is 10.4. The number of halogens is 2. The fraction of sp³-hybridized carbons (Fsp3) is 0.464. The van der Waals surface area contributed by atoms with E-state index < -0.39 is 48.4 Å². The van der Waals surface area contributed by atoms with E-state index in [0.29, 0.717) is 44.8 Å². The predicted octanol–water partition coefficient (Wildman–Crippen LogP) is 2.64. The summed E-state index contributed by atoms with van der Waals surface area (Å²) in [5, 5.41) is 29.5. The van der Waals surface area contributed by atoms with Gasteiger partial charge in [0.05, 0.1) is 55.1 Å². The topological polar surface area (TPSA) is 172 Å². The molecule has 1 saturated heterocycles. The van der Waals surface area contributed by atoms with Crippen LogP contribution < -0.4 is 20.1 Å². The number of piperidine rings is 1. The molecule has 2 aromatic carbocycles. The van der Waals surface area contributed by atoms with Gasteiger partial charge in [-0.25, -0.2) is 9.18 Å². The summed E-state index contributed by atoms with van der Waals surface area (Å²) in [7, 11) is 2.84. The number of nitrogens with zero attached hydrogens (tertiary/aromatic N) is 2. The molecule has 230 valence electrons. The third-order valence-electron chi connectivity index (χ3n) is 7.06. The minimum Gasteiger partial charge on any atom is -0.494 e. The van der Waals surface area contributed by atoms with Crippen LogP contribution in [-0.4, -0.2) is 96.3 Å². The van der Waals surface area contributed by atoms with Gasteiger partial charge >= 0.3 is 11.9 Å². The number of rotatable bonds is 14. The number of hydrogen-bond acceptors (Lipinski definition) is 9. The van der Waals surface area contributed by atoms with E-state index in [1.807, 2.05) is 0 Å². The van der Waals surface area contributed by atoms with Crippen molar-refractivity contribution >= 4 is 40.8 Å². The van der Waals surface area contributed by atoms with Crippen LogP contribution in [0.4, 0.5) is 15.8 Å². The van der Waals surface area contributed by atoms with Crippen LogP contribution in [0.1, 0.15) is 25.7 Å². The molecule has 0 spiro atoms. The zero-order chi connectivity index (χ0) is 31.0. The second kappa shape index (κ2) is 14.5. The summed E-state index contributed by atoms with van der Waals surface area (Å²) >= 11 is 6.29. The molecule has 1 aliphatic rings. The fourth-order valence-corrected chi connectivity index (χ4v) is 5.07. The Morgan fingerprint density at radius 1 is 1.17 bits per heavy atom. The number of amides is 1. The highest BCUT2D eigenvalue weighted by molar-refractivity contribution is 6.33. The van der Waals surface area contributed by atoms with E-state index >= 15 is 0 Å². The van der Waals surface area contributed by atoms with Gasteiger partial charge in [-0.15, -0.1) is 0 Å². The van der Waals surface area contributed by atoms with Crippen LogP contribution in [0.25, 0.3) is 0 Å². The Balaban J connectivity index is 1.83. The highest BCUT2D eigenvalue weighted by Gasteiger charge is 2.45. The van der Waals surface area contributed by atoms with Gasteiger partial charge in [0.2, 0.25) is 5.91 Å². The summed E-state index contributed by atoms with van der Waals surface area (Å²) in [6.07, 6.45) is -1.76. The number of aliphatic hydroxyl groups is 1. The average Bonchev–Trinajstić information content (AvgIpc) is 2.93. The highest BCUT2D eigenvalue weighted by Crippen LogP contribution is 2.39. The first kappa shape index (κ1) is 32.9. The van der Waals surface area contributed by atoms with E-state index in [2.05, 4.69) is 4.90 Å². The molecule has 3 atom stereocenters. The molecule has 1 heterocycles. The Morgan fingerprint density at radius 2 is 1.86 bits per heavy atom. The number of anilines is 2. The first-order valence-corrected chi connectivity index (χ1v) is 13.5.